The molecule has 0 aliphatic carbocycles. The monoisotopic (exact) mass is 269 g/mol. The fourth-order valence-corrected chi connectivity index (χ4v) is 2.95. The zero-order valence-electron chi connectivity index (χ0n) is 13.8. The van der Waals surface area contributed by atoms with Crippen molar-refractivity contribution in [1.82, 2.24) is 9.80 Å². The van der Waals surface area contributed by atoms with E-state index in [4.69, 9.17) is 5.73 Å². The second kappa shape index (κ2) is 7.61. The Morgan fingerprint density at radius 3 is 2.00 bits per heavy atom. The minimum absolute atomic E-state index is 0.355. The fourth-order valence-electron chi connectivity index (χ4n) is 2.95. The van der Waals surface area contributed by atoms with Crippen molar-refractivity contribution in [3.05, 3.63) is 0 Å². The highest BCUT2D eigenvalue weighted by molar-refractivity contribution is 4.76. The summed E-state index contributed by atoms with van der Waals surface area (Å²) in [6.07, 6.45) is 2.27. The van der Waals surface area contributed by atoms with E-state index in [9.17, 15) is 0 Å². The molecule has 1 aliphatic heterocycles. The van der Waals surface area contributed by atoms with Crippen LogP contribution in [0.4, 0.5) is 0 Å². The van der Waals surface area contributed by atoms with Crippen LogP contribution < -0.4 is 5.73 Å². The molecule has 1 fully saturated rings. The van der Waals surface area contributed by atoms with Gasteiger partial charge in [0.15, 0.2) is 0 Å². The van der Waals surface area contributed by atoms with E-state index in [0.29, 0.717) is 11.5 Å². The maximum atomic E-state index is 6.23. The molecule has 1 rings (SSSR count). The summed E-state index contributed by atoms with van der Waals surface area (Å²) in [6, 6.07) is 0.355. The first-order valence-electron chi connectivity index (χ1n) is 7.96. The van der Waals surface area contributed by atoms with Crippen molar-refractivity contribution in [3.63, 3.8) is 0 Å². The molecule has 1 atom stereocenters. The molecular weight excluding hydrogens is 234 g/mol. The van der Waals surface area contributed by atoms with Crippen LogP contribution in [0.5, 0.6) is 0 Å². The Balaban J connectivity index is 2.16. The lowest BCUT2D eigenvalue weighted by molar-refractivity contribution is 0.118. The van der Waals surface area contributed by atoms with E-state index in [1.807, 2.05) is 0 Å². The molecule has 0 amide bonds. The van der Waals surface area contributed by atoms with Crippen LogP contribution in [0, 0.1) is 11.3 Å². The fraction of sp³-hybridized carbons (Fsp3) is 1.00. The number of nitrogens with two attached hydrogens (primary N) is 1. The number of piperazine rings is 1. The smallest absolute Gasteiger partial charge is 0.0110 e. The molecule has 114 valence electrons. The molecule has 0 aromatic carbocycles. The number of hydrogen-bond donors (Lipinski definition) is 1. The van der Waals surface area contributed by atoms with Crippen molar-refractivity contribution in [2.24, 2.45) is 17.1 Å². The van der Waals surface area contributed by atoms with Crippen LogP contribution >= 0.6 is 0 Å². The average Bonchev–Trinajstić information content (AvgIpc) is 2.25. The Hall–Kier alpha value is -0.120. The van der Waals surface area contributed by atoms with Gasteiger partial charge in [0.05, 0.1) is 0 Å². The molecule has 1 unspecified atom stereocenters. The van der Waals surface area contributed by atoms with Crippen molar-refractivity contribution in [2.75, 3.05) is 39.3 Å². The predicted molar refractivity (Wildman–Crippen MR) is 84.4 cm³/mol. The highest BCUT2D eigenvalue weighted by atomic mass is 15.3. The third-order valence-electron chi connectivity index (χ3n) is 3.78. The van der Waals surface area contributed by atoms with Crippen molar-refractivity contribution >= 4 is 0 Å². The van der Waals surface area contributed by atoms with Crippen molar-refractivity contribution in [3.8, 4) is 0 Å². The lowest BCUT2D eigenvalue weighted by Gasteiger charge is -2.36. The first-order chi connectivity index (χ1) is 8.76. The van der Waals surface area contributed by atoms with Gasteiger partial charge in [-0.1, -0.05) is 34.6 Å². The molecule has 0 aromatic heterocycles. The minimum Gasteiger partial charge on any atom is -0.328 e. The van der Waals surface area contributed by atoms with E-state index in [-0.39, 0.29) is 0 Å². The second-order valence-corrected chi connectivity index (χ2v) is 7.85. The maximum Gasteiger partial charge on any atom is 0.0110 e. The number of nitrogens with zero attached hydrogens (tertiary/aromatic N) is 2. The summed E-state index contributed by atoms with van der Waals surface area (Å²) < 4.78 is 0. The molecule has 3 heteroatoms. The number of hydrogen-bond acceptors (Lipinski definition) is 3. The van der Waals surface area contributed by atoms with Crippen LogP contribution in [-0.2, 0) is 0 Å². The third kappa shape index (κ3) is 7.91. The molecule has 0 aromatic rings. The van der Waals surface area contributed by atoms with Crippen molar-refractivity contribution < 1.29 is 0 Å². The first kappa shape index (κ1) is 16.9. The lowest BCUT2D eigenvalue weighted by atomic mass is 9.87. The van der Waals surface area contributed by atoms with Gasteiger partial charge in [-0.3, -0.25) is 0 Å². The summed E-state index contributed by atoms with van der Waals surface area (Å²) in [7, 11) is 0. The third-order valence-corrected chi connectivity index (χ3v) is 3.78. The quantitative estimate of drug-likeness (QED) is 0.804. The maximum absolute atomic E-state index is 6.23. The van der Waals surface area contributed by atoms with Gasteiger partial charge in [0.2, 0.25) is 0 Å². The van der Waals surface area contributed by atoms with E-state index in [1.54, 1.807) is 0 Å². The van der Waals surface area contributed by atoms with Crippen LogP contribution in [0.2, 0.25) is 0 Å². The first-order valence-corrected chi connectivity index (χ1v) is 7.96. The van der Waals surface area contributed by atoms with E-state index in [0.717, 1.165) is 18.8 Å². The Labute approximate surface area is 120 Å². The summed E-state index contributed by atoms with van der Waals surface area (Å²) in [5.74, 6) is 0.784. The van der Waals surface area contributed by atoms with Crippen LogP contribution in [0.3, 0.4) is 0 Å². The normalized spacial score (nSPS) is 21.0. The van der Waals surface area contributed by atoms with Crippen molar-refractivity contribution in [1.29, 1.82) is 0 Å². The van der Waals surface area contributed by atoms with Gasteiger partial charge in [-0.2, -0.15) is 0 Å². The van der Waals surface area contributed by atoms with Crippen LogP contribution in [0.1, 0.15) is 47.5 Å². The second-order valence-electron chi connectivity index (χ2n) is 7.85. The molecule has 0 saturated carbocycles. The van der Waals surface area contributed by atoms with Gasteiger partial charge < -0.3 is 15.5 Å². The topological polar surface area (TPSA) is 32.5 Å². The van der Waals surface area contributed by atoms with E-state index in [2.05, 4.69) is 44.4 Å². The molecule has 0 bridgehead atoms. The Morgan fingerprint density at radius 2 is 1.53 bits per heavy atom. The van der Waals surface area contributed by atoms with Gasteiger partial charge in [-0.05, 0) is 30.7 Å². The predicted octanol–water partition coefficient (Wildman–Crippen LogP) is 2.41. The molecule has 3 nitrogen and oxygen atoms in total. The molecule has 0 spiro atoms. The van der Waals surface area contributed by atoms with Gasteiger partial charge in [-0.15, -0.1) is 0 Å². The molecule has 1 heterocycles. The van der Waals surface area contributed by atoms with Gasteiger partial charge in [-0.25, -0.2) is 0 Å². The van der Waals surface area contributed by atoms with E-state index < -0.39 is 0 Å². The molecule has 1 saturated heterocycles. The van der Waals surface area contributed by atoms with E-state index in [1.165, 1.54) is 39.3 Å². The van der Waals surface area contributed by atoms with E-state index >= 15 is 0 Å². The zero-order chi connectivity index (χ0) is 14.5. The largest absolute Gasteiger partial charge is 0.328 e. The summed E-state index contributed by atoms with van der Waals surface area (Å²) in [5, 5.41) is 0. The standard InChI is InChI=1S/C16H35N3/c1-14(2)13-19-10-8-18(9-11-19)7-6-15(17)12-16(3,4)5/h14-15H,6-13,17H2,1-5H3. The van der Waals surface area contributed by atoms with Crippen LogP contribution in [0.15, 0.2) is 0 Å². The summed E-state index contributed by atoms with van der Waals surface area (Å²) in [6.45, 7) is 18.7. The Morgan fingerprint density at radius 1 is 1.00 bits per heavy atom. The molecule has 0 radical (unpaired) electrons. The Kier molecular flexibility index (Phi) is 6.78. The molecule has 19 heavy (non-hydrogen) atoms. The highest BCUT2D eigenvalue weighted by Gasteiger charge is 2.19. The molecule has 1 aliphatic rings. The van der Waals surface area contributed by atoms with Crippen LogP contribution in [0.25, 0.3) is 0 Å². The highest BCUT2D eigenvalue weighted by Crippen LogP contribution is 2.21. The minimum atomic E-state index is 0.355. The van der Waals surface area contributed by atoms with Gasteiger partial charge in [0.1, 0.15) is 0 Å². The molecule has 2 N–H and O–H groups in total. The van der Waals surface area contributed by atoms with Gasteiger partial charge >= 0.3 is 0 Å². The van der Waals surface area contributed by atoms with Gasteiger partial charge in [0, 0.05) is 38.8 Å². The van der Waals surface area contributed by atoms with Crippen LogP contribution in [-0.4, -0.2) is 55.1 Å². The lowest BCUT2D eigenvalue weighted by Crippen LogP contribution is -2.48. The number of rotatable bonds is 6. The average molecular weight is 269 g/mol. The summed E-state index contributed by atoms with van der Waals surface area (Å²) >= 11 is 0. The molecular formula is C16H35N3. The SMILES string of the molecule is CC(C)CN1CCN(CCC(N)CC(C)(C)C)CC1. The summed E-state index contributed by atoms with van der Waals surface area (Å²) in [4.78, 5) is 5.18. The Bertz CT molecular complexity index is 237. The van der Waals surface area contributed by atoms with Crippen molar-refractivity contribution in [2.45, 2.75) is 53.5 Å². The summed E-state index contributed by atoms with van der Waals surface area (Å²) in [5.41, 5.74) is 6.59. The zero-order valence-corrected chi connectivity index (χ0v) is 13.8. The van der Waals surface area contributed by atoms with Gasteiger partial charge in [0.25, 0.3) is 0 Å².